The zero-order chi connectivity index (χ0) is 15.4. The molecule has 0 spiro atoms. The van der Waals surface area contributed by atoms with Gasteiger partial charge < -0.3 is 4.90 Å². The third-order valence-corrected chi connectivity index (χ3v) is 3.45. The topological polar surface area (TPSA) is 70.2 Å². The van der Waals surface area contributed by atoms with Crippen LogP contribution in [0, 0.1) is 21.4 Å². The number of hydrogen-bond donors (Lipinski definition) is 0. The van der Waals surface area contributed by atoms with Crippen molar-refractivity contribution in [1.82, 2.24) is 0 Å². The summed E-state index contributed by atoms with van der Waals surface area (Å²) in [5, 5.41) is 20.4. The lowest BCUT2D eigenvalue weighted by molar-refractivity contribution is -0.384. The minimum atomic E-state index is -0.455. The second-order valence-electron chi connectivity index (χ2n) is 4.52. The van der Waals surface area contributed by atoms with Crippen molar-refractivity contribution < 1.29 is 4.92 Å². The Labute approximate surface area is 127 Å². The fourth-order valence-electron chi connectivity index (χ4n) is 2.04. The highest BCUT2D eigenvalue weighted by Crippen LogP contribution is 2.26. The second-order valence-corrected chi connectivity index (χ2v) is 4.93. The summed E-state index contributed by atoms with van der Waals surface area (Å²) >= 11 is 6.09. The van der Waals surface area contributed by atoms with Gasteiger partial charge in [-0.25, -0.2) is 0 Å². The van der Waals surface area contributed by atoms with Crippen molar-refractivity contribution in [2.75, 3.05) is 11.9 Å². The van der Waals surface area contributed by atoms with E-state index in [4.69, 9.17) is 16.9 Å². The predicted octanol–water partition coefficient (Wildman–Crippen LogP) is 3.76. The van der Waals surface area contributed by atoms with Gasteiger partial charge in [-0.15, -0.1) is 0 Å². The molecule has 0 saturated heterocycles. The molecule has 0 aliphatic rings. The number of non-ortho nitro benzene ring substituents is 1. The van der Waals surface area contributed by atoms with Crippen LogP contribution in [0.3, 0.4) is 0 Å². The zero-order valence-electron chi connectivity index (χ0n) is 11.3. The molecule has 2 aromatic carbocycles. The number of anilines is 1. The van der Waals surface area contributed by atoms with Crippen molar-refractivity contribution in [3.63, 3.8) is 0 Å². The van der Waals surface area contributed by atoms with Gasteiger partial charge in [-0.05, 0) is 23.8 Å². The maximum absolute atomic E-state index is 10.8. The fraction of sp³-hybridized carbons (Fsp3) is 0.133. The maximum atomic E-state index is 10.8. The molecular formula is C15H12ClN3O2. The third kappa shape index (κ3) is 3.30. The molecule has 2 rings (SSSR count). The summed E-state index contributed by atoms with van der Waals surface area (Å²) in [6.45, 7) is 0.374. The molecule has 0 heterocycles. The first kappa shape index (κ1) is 14.8. The average molecular weight is 302 g/mol. The standard InChI is InChI=1S/C15H12ClN3O2/c1-18(15-5-3-2-4-11(15)9-17)10-12-8-13(19(20)21)6-7-14(12)16/h2-8H,10H2,1H3. The molecule has 0 saturated carbocycles. The second kappa shape index (κ2) is 6.25. The highest BCUT2D eigenvalue weighted by atomic mass is 35.5. The smallest absolute Gasteiger partial charge is 0.269 e. The maximum Gasteiger partial charge on any atom is 0.269 e. The summed E-state index contributed by atoms with van der Waals surface area (Å²) in [6, 6.07) is 13.6. The van der Waals surface area contributed by atoms with Crippen molar-refractivity contribution in [3.05, 3.63) is 68.7 Å². The van der Waals surface area contributed by atoms with Crippen molar-refractivity contribution in [3.8, 4) is 6.07 Å². The molecule has 5 nitrogen and oxygen atoms in total. The molecule has 0 aromatic heterocycles. The Bertz CT molecular complexity index is 725. The molecule has 2 aromatic rings. The van der Waals surface area contributed by atoms with E-state index in [1.807, 2.05) is 24.1 Å². The Morgan fingerprint density at radius 3 is 2.71 bits per heavy atom. The number of rotatable bonds is 4. The van der Waals surface area contributed by atoms with E-state index >= 15 is 0 Å². The lowest BCUT2D eigenvalue weighted by Crippen LogP contribution is -2.17. The largest absolute Gasteiger partial charge is 0.369 e. The molecule has 0 aliphatic heterocycles. The molecule has 21 heavy (non-hydrogen) atoms. The van der Waals surface area contributed by atoms with Crippen LogP contribution in [-0.2, 0) is 6.54 Å². The number of nitro benzene ring substituents is 1. The quantitative estimate of drug-likeness (QED) is 0.637. The molecule has 0 N–H and O–H groups in total. The molecule has 0 aliphatic carbocycles. The van der Waals surface area contributed by atoms with Crippen molar-refractivity contribution in [1.29, 1.82) is 5.26 Å². The van der Waals surface area contributed by atoms with Gasteiger partial charge in [0.1, 0.15) is 6.07 Å². The number of nitro groups is 1. The van der Waals surface area contributed by atoms with Gasteiger partial charge in [-0.3, -0.25) is 10.1 Å². The monoisotopic (exact) mass is 301 g/mol. The Morgan fingerprint density at radius 2 is 2.05 bits per heavy atom. The molecule has 6 heteroatoms. The molecular weight excluding hydrogens is 290 g/mol. The lowest BCUT2D eigenvalue weighted by atomic mass is 10.1. The lowest BCUT2D eigenvalue weighted by Gasteiger charge is -2.21. The summed E-state index contributed by atoms with van der Waals surface area (Å²) in [5.41, 5.74) is 1.93. The first-order valence-electron chi connectivity index (χ1n) is 6.16. The van der Waals surface area contributed by atoms with E-state index < -0.39 is 4.92 Å². The first-order chi connectivity index (χ1) is 10.0. The highest BCUT2D eigenvalue weighted by Gasteiger charge is 2.13. The van der Waals surface area contributed by atoms with E-state index in [1.54, 1.807) is 12.1 Å². The minimum Gasteiger partial charge on any atom is -0.369 e. The molecule has 0 bridgehead atoms. The van der Waals surface area contributed by atoms with Crippen molar-refractivity contribution >= 4 is 23.0 Å². The van der Waals surface area contributed by atoms with E-state index in [1.165, 1.54) is 18.2 Å². The Balaban J connectivity index is 2.31. The normalized spacial score (nSPS) is 9.95. The van der Waals surface area contributed by atoms with Gasteiger partial charge in [0.2, 0.25) is 0 Å². The van der Waals surface area contributed by atoms with E-state index in [2.05, 4.69) is 6.07 Å². The summed E-state index contributed by atoms with van der Waals surface area (Å²) in [5.74, 6) is 0. The van der Waals surface area contributed by atoms with Gasteiger partial charge in [-0.2, -0.15) is 5.26 Å². The van der Waals surface area contributed by atoms with Crippen molar-refractivity contribution in [2.24, 2.45) is 0 Å². The highest BCUT2D eigenvalue weighted by molar-refractivity contribution is 6.31. The van der Waals surface area contributed by atoms with Crippen LogP contribution >= 0.6 is 11.6 Å². The van der Waals surface area contributed by atoms with Crippen LogP contribution in [0.15, 0.2) is 42.5 Å². The van der Waals surface area contributed by atoms with E-state index in [-0.39, 0.29) is 5.69 Å². The van der Waals surface area contributed by atoms with Gasteiger partial charge in [0, 0.05) is 30.7 Å². The molecule has 0 fully saturated rings. The molecule has 0 atom stereocenters. The number of para-hydroxylation sites is 1. The number of hydrogen-bond acceptors (Lipinski definition) is 4. The van der Waals surface area contributed by atoms with E-state index in [0.717, 1.165) is 5.69 Å². The van der Waals surface area contributed by atoms with Gasteiger partial charge in [0.05, 0.1) is 16.2 Å². The van der Waals surface area contributed by atoms with Gasteiger partial charge in [-0.1, -0.05) is 23.7 Å². The summed E-state index contributed by atoms with van der Waals surface area (Å²) < 4.78 is 0. The van der Waals surface area contributed by atoms with Crippen molar-refractivity contribution in [2.45, 2.75) is 6.54 Å². The van der Waals surface area contributed by atoms with Gasteiger partial charge in [0.15, 0.2) is 0 Å². The van der Waals surface area contributed by atoms with Gasteiger partial charge in [0.25, 0.3) is 5.69 Å². The minimum absolute atomic E-state index is 0.00336. The molecule has 0 radical (unpaired) electrons. The van der Waals surface area contributed by atoms with Crippen LogP contribution in [0.4, 0.5) is 11.4 Å². The number of nitriles is 1. The van der Waals surface area contributed by atoms with Crippen LogP contribution < -0.4 is 4.90 Å². The zero-order valence-corrected chi connectivity index (χ0v) is 12.0. The summed E-state index contributed by atoms with van der Waals surface area (Å²) in [7, 11) is 1.81. The Kier molecular flexibility index (Phi) is 4.41. The fourth-order valence-corrected chi connectivity index (χ4v) is 2.21. The SMILES string of the molecule is CN(Cc1cc([N+](=O)[O-])ccc1Cl)c1ccccc1C#N. The first-order valence-corrected chi connectivity index (χ1v) is 6.54. The molecule has 0 unspecified atom stereocenters. The molecule has 0 amide bonds. The number of nitrogens with zero attached hydrogens (tertiary/aromatic N) is 3. The van der Waals surface area contributed by atoms with Crippen LogP contribution in [0.1, 0.15) is 11.1 Å². The van der Waals surface area contributed by atoms with Crippen LogP contribution in [0.25, 0.3) is 0 Å². The average Bonchev–Trinajstić information content (AvgIpc) is 2.49. The Hall–Kier alpha value is -2.58. The van der Waals surface area contributed by atoms with Crippen LogP contribution in [-0.4, -0.2) is 12.0 Å². The molecule has 106 valence electrons. The van der Waals surface area contributed by atoms with Crippen LogP contribution in [0.2, 0.25) is 5.02 Å². The summed E-state index contributed by atoms with van der Waals surface area (Å²) in [4.78, 5) is 12.2. The predicted molar refractivity (Wildman–Crippen MR) is 81.4 cm³/mol. The summed E-state index contributed by atoms with van der Waals surface area (Å²) in [6.07, 6.45) is 0. The number of halogens is 1. The number of benzene rings is 2. The van der Waals surface area contributed by atoms with E-state index in [0.29, 0.717) is 22.7 Å². The third-order valence-electron chi connectivity index (χ3n) is 3.08. The van der Waals surface area contributed by atoms with E-state index in [9.17, 15) is 10.1 Å². The van der Waals surface area contributed by atoms with Gasteiger partial charge >= 0.3 is 0 Å². The Morgan fingerprint density at radius 1 is 1.33 bits per heavy atom. The van der Waals surface area contributed by atoms with Crippen LogP contribution in [0.5, 0.6) is 0 Å².